The zero-order chi connectivity index (χ0) is 12.7. The minimum Gasteiger partial charge on any atom is -0.464 e. The quantitative estimate of drug-likeness (QED) is 0.441. The molecule has 0 aromatic heterocycles. The van der Waals surface area contributed by atoms with Crippen molar-refractivity contribution in [2.45, 2.75) is 32.9 Å². The number of carbonyl (C=O) groups excluding carboxylic acids is 2. The molecule has 0 atom stereocenters. The van der Waals surface area contributed by atoms with Crippen molar-refractivity contribution in [2.75, 3.05) is 13.2 Å². The maximum atomic E-state index is 11.3. The fourth-order valence-corrected chi connectivity index (χ4v) is 0.901. The lowest BCUT2D eigenvalue weighted by atomic mass is 10.2. The van der Waals surface area contributed by atoms with Gasteiger partial charge in [0.1, 0.15) is 0 Å². The Kier molecular flexibility index (Phi) is 7.21. The molecular weight excluding hydrogens is 228 g/mol. The molecule has 0 aliphatic carbocycles. The van der Waals surface area contributed by atoms with Crippen LogP contribution in [0.4, 0.5) is 0 Å². The minimum atomic E-state index is -1.14. The zero-order valence-electron chi connectivity index (χ0n) is 10.2. The molecule has 0 saturated heterocycles. The Hall–Kier alpha value is -0.710. The molecule has 0 rings (SSSR count). The fraction of sp³-hybridized carbons (Fsp3) is 0.818. The van der Waals surface area contributed by atoms with Crippen LogP contribution in [0.15, 0.2) is 0 Å². The van der Waals surface area contributed by atoms with Crippen LogP contribution in [-0.2, 0) is 19.1 Å². The summed E-state index contributed by atoms with van der Waals surface area (Å²) in [7, 11) is 0. The first-order valence-electron chi connectivity index (χ1n) is 5.36. The van der Waals surface area contributed by atoms with Gasteiger partial charge in [-0.15, -0.1) is 0 Å². The standard InChI is InChI=1S/C11H20O4S/c1-7(2)5-14-10(12)9(16)11(13)15-6-8(3)4/h7-9,16H,5-6H2,1-4H3. The van der Waals surface area contributed by atoms with Crippen LogP contribution in [-0.4, -0.2) is 30.4 Å². The maximum Gasteiger partial charge on any atom is 0.330 e. The summed E-state index contributed by atoms with van der Waals surface area (Å²) in [5.74, 6) is -0.830. The van der Waals surface area contributed by atoms with Crippen LogP contribution in [0.5, 0.6) is 0 Å². The second-order valence-electron chi connectivity index (χ2n) is 4.45. The van der Waals surface area contributed by atoms with E-state index in [2.05, 4.69) is 12.6 Å². The maximum absolute atomic E-state index is 11.3. The summed E-state index contributed by atoms with van der Waals surface area (Å²) in [6.45, 7) is 8.23. The highest BCUT2D eigenvalue weighted by molar-refractivity contribution is 7.82. The van der Waals surface area contributed by atoms with Crippen molar-refractivity contribution in [1.29, 1.82) is 0 Å². The van der Waals surface area contributed by atoms with E-state index in [1.165, 1.54) is 0 Å². The topological polar surface area (TPSA) is 52.6 Å². The summed E-state index contributed by atoms with van der Waals surface area (Å²) in [4.78, 5) is 22.7. The molecule has 0 spiro atoms. The Morgan fingerprint density at radius 3 is 1.50 bits per heavy atom. The third kappa shape index (κ3) is 6.71. The monoisotopic (exact) mass is 248 g/mol. The van der Waals surface area contributed by atoms with Gasteiger partial charge in [-0.1, -0.05) is 27.7 Å². The number of hydrogen-bond donors (Lipinski definition) is 1. The van der Waals surface area contributed by atoms with E-state index in [-0.39, 0.29) is 25.0 Å². The number of rotatable bonds is 6. The third-order valence-electron chi connectivity index (χ3n) is 1.56. The van der Waals surface area contributed by atoms with Crippen LogP contribution in [0.25, 0.3) is 0 Å². The summed E-state index contributed by atoms with van der Waals surface area (Å²) in [5.41, 5.74) is 0. The lowest BCUT2D eigenvalue weighted by Crippen LogP contribution is -2.30. The van der Waals surface area contributed by atoms with Crippen LogP contribution in [0, 0.1) is 11.8 Å². The summed E-state index contributed by atoms with van der Waals surface area (Å²) >= 11 is 3.88. The molecule has 0 radical (unpaired) electrons. The van der Waals surface area contributed by atoms with Crippen molar-refractivity contribution in [1.82, 2.24) is 0 Å². The molecule has 0 aromatic carbocycles. The van der Waals surface area contributed by atoms with Crippen molar-refractivity contribution in [2.24, 2.45) is 11.8 Å². The van der Waals surface area contributed by atoms with Crippen LogP contribution < -0.4 is 0 Å². The number of thiol groups is 1. The SMILES string of the molecule is CC(C)COC(=O)C(S)C(=O)OCC(C)C. The Bertz CT molecular complexity index is 214. The largest absolute Gasteiger partial charge is 0.464 e. The van der Waals surface area contributed by atoms with E-state index in [0.717, 1.165) is 0 Å². The van der Waals surface area contributed by atoms with E-state index >= 15 is 0 Å². The van der Waals surface area contributed by atoms with Crippen LogP contribution in [0.2, 0.25) is 0 Å². The molecule has 0 bridgehead atoms. The Labute approximate surface area is 102 Å². The van der Waals surface area contributed by atoms with Crippen molar-refractivity contribution in [3.05, 3.63) is 0 Å². The molecule has 0 N–H and O–H groups in total. The molecule has 0 aromatic rings. The van der Waals surface area contributed by atoms with E-state index in [9.17, 15) is 9.59 Å². The van der Waals surface area contributed by atoms with Gasteiger partial charge in [0.2, 0.25) is 0 Å². The molecular formula is C11H20O4S. The molecule has 0 aliphatic rings. The lowest BCUT2D eigenvalue weighted by Gasteiger charge is -2.12. The van der Waals surface area contributed by atoms with Gasteiger partial charge < -0.3 is 9.47 Å². The molecule has 94 valence electrons. The number of ether oxygens (including phenoxy) is 2. The first-order valence-corrected chi connectivity index (χ1v) is 5.87. The van der Waals surface area contributed by atoms with Gasteiger partial charge in [-0.2, -0.15) is 12.6 Å². The highest BCUT2D eigenvalue weighted by Gasteiger charge is 2.26. The summed E-state index contributed by atoms with van der Waals surface area (Å²) < 4.78 is 9.75. The predicted octanol–water partition coefficient (Wildman–Crippen LogP) is 1.68. The summed E-state index contributed by atoms with van der Waals surface area (Å²) in [6.07, 6.45) is 0. The normalized spacial score (nSPS) is 11.0. The molecule has 0 amide bonds. The van der Waals surface area contributed by atoms with E-state index in [4.69, 9.17) is 9.47 Å². The Morgan fingerprint density at radius 2 is 1.25 bits per heavy atom. The predicted molar refractivity (Wildman–Crippen MR) is 64.4 cm³/mol. The van der Waals surface area contributed by atoms with Crippen molar-refractivity contribution < 1.29 is 19.1 Å². The number of hydrogen-bond acceptors (Lipinski definition) is 5. The fourth-order valence-electron chi connectivity index (χ4n) is 0.752. The van der Waals surface area contributed by atoms with E-state index in [0.29, 0.717) is 0 Å². The number of esters is 2. The molecule has 0 heterocycles. The Morgan fingerprint density at radius 1 is 0.938 bits per heavy atom. The van der Waals surface area contributed by atoms with Gasteiger partial charge in [0, 0.05) is 0 Å². The highest BCUT2D eigenvalue weighted by Crippen LogP contribution is 2.05. The highest BCUT2D eigenvalue weighted by atomic mass is 32.1. The summed E-state index contributed by atoms with van der Waals surface area (Å²) in [5, 5.41) is -1.14. The smallest absolute Gasteiger partial charge is 0.330 e. The second-order valence-corrected chi connectivity index (χ2v) is 4.97. The summed E-state index contributed by atoms with van der Waals surface area (Å²) in [6, 6.07) is 0. The molecule has 4 nitrogen and oxygen atoms in total. The van der Waals surface area contributed by atoms with Crippen LogP contribution in [0.1, 0.15) is 27.7 Å². The van der Waals surface area contributed by atoms with E-state index in [1.807, 2.05) is 27.7 Å². The van der Waals surface area contributed by atoms with Crippen LogP contribution in [0.3, 0.4) is 0 Å². The minimum absolute atomic E-state index is 0.233. The van der Waals surface area contributed by atoms with Gasteiger partial charge in [-0.05, 0) is 11.8 Å². The van der Waals surface area contributed by atoms with E-state index < -0.39 is 17.2 Å². The average molecular weight is 248 g/mol. The second kappa shape index (κ2) is 7.54. The van der Waals surface area contributed by atoms with Gasteiger partial charge in [-0.25, -0.2) is 0 Å². The van der Waals surface area contributed by atoms with Gasteiger partial charge >= 0.3 is 11.9 Å². The van der Waals surface area contributed by atoms with Gasteiger partial charge in [0.15, 0.2) is 5.25 Å². The Balaban J connectivity index is 3.97. The van der Waals surface area contributed by atoms with Crippen molar-refractivity contribution >= 4 is 24.6 Å². The first-order chi connectivity index (χ1) is 7.34. The van der Waals surface area contributed by atoms with Crippen molar-refractivity contribution in [3.8, 4) is 0 Å². The molecule has 16 heavy (non-hydrogen) atoms. The zero-order valence-corrected chi connectivity index (χ0v) is 11.1. The van der Waals surface area contributed by atoms with Gasteiger partial charge in [-0.3, -0.25) is 9.59 Å². The third-order valence-corrected chi connectivity index (χ3v) is 1.99. The van der Waals surface area contributed by atoms with Crippen molar-refractivity contribution in [3.63, 3.8) is 0 Å². The molecule has 5 heteroatoms. The molecule has 0 unspecified atom stereocenters. The van der Waals surface area contributed by atoms with Gasteiger partial charge in [0.05, 0.1) is 13.2 Å². The first kappa shape index (κ1) is 15.3. The molecule has 0 fully saturated rings. The van der Waals surface area contributed by atoms with Gasteiger partial charge in [0.25, 0.3) is 0 Å². The van der Waals surface area contributed by atoms with Crippen LogP contribution >= 0.6 is 12.6 Å². The molecule has 0 saturated carbocycles. The number of carbonyl (C=O) groups is 2. The average Bonchev–Trinajstić information content (AvgIpc) is 2.21. The lowest BCUT2D eigenvalue weighted by molar-refractivity contribution is -0.154. The van der Waals surface area contributed by atoms with E-state index in [1.54, 1.807) is 0 Å². The molecule has 0 aliphatic heterocycles.